The summed E-state index contributed by atoms with van der Waals surface area (Å²) in [6, 6.07) is 0. The molecule has 0 radical (unpaired) electrons. The fraction of sp³-hybridized carbons (Fsp3) is 0.600. The van der Waals surface area contributed by atoms with Crippen molar-refractivity contribution >= 4 is 5.95 Å². The molecule has 4 nitrogen and oxygen atoms in total. The Bertz CT molecular complexity index is 296. The van der Waals surface area contributed by atoms with Gasteiger partial charge >= 0.3 is 0 Å². The highest BCUT2D eigenvalue weighted by Crippen LogP contribution is 2.08. The number of hydrogen-bond acceptors (Lipinski definition) is 4. The largest absolute Gasteiger partial charge is 0.347 e. The first kappa shape index (κ1) is 10.9. The van der Waals surface area contributed by atoms with Gasteiger partial charge in [0.15, 0.2) is 0 Å². The molecule has 0 unspecified atom stereocenters. The van der Waals surface area contributed by atoms with Crippen LogP contribution in [0.2, 0.25) is 0 Å². The highest BCUT2D eigenvalue weighted by atomic mass is 15.2. The molecular formula is C10H18N4. The van der Waals surface area contributed by atoms with Gasteiger partial charge in [0, 0.05) is 26.0 Å². The van der Waals surface area contributed by atoms with Crippen LogP contribution in [-0.4, -0.2) is 37.7 Å². The molecule has 0 atom stereocenters. The van der Waals surface area contributed by atoms with Crippen LogP contribution in [0.25, 0.3) is 0 Å². The molecule has 0 aromatic carbocycles. The summed E-state index contributed by atoms with van der Waals surface area (Å²) < 4.78 is 0. The van der Waals surface area contributed by atoms with Crippen molar-refractivity contribution in [1.29, 1.82) is 0 Å². The van der Waals surface area contributed by atoms with E-state index in [0.717, 1.165) is 24.6 Å². The number of aryl methyl sites for hydroxylation is 1. The maximum Gasteiger partial charge on any atom is 0.224 e. The van der Waals surface area contributed by atoms with Crippen molar-refractivity contribution in [3.8, 4) is 0 Å². The Morgan fingerprint density at radius 1 is 1.43 bits per heavy atom. The zero-order chi connectivity index (χ0) is 10.6. The normalized spacial score (nSPS) is 10.3. The molecule has 0 bridgehead atoms. The molecule has 0 aliphatic heterocycles. The predicted octanol–water partition coefficient (Wildman–Crippen LogP) is 0.613. The van der Waals surface area contributed by atoms with Crippen molar-refractivity contribution in [2.75, 3.05) is 32.6 Å². The maximum absolute atomic E-state index is 4.41. The average molecular weight is 194 g/mol. The van der Waals surface area contributed by atoms with E-state index < -0.39 is 0 Å². The van der Waals surface area contributed by atoms with Crippen LogP contribution in [0.15, 0.2) is 6.20 Å². The lowest BCUT2D eigenvalue weighted by Gasteiger charge is -2.12. The summed E-state index contributed by atoms with van der Waals surface area (Å²) in [5, 5.41) is 3.11. The Balaban J connectivity index is 2.79. The van der Waals surface area contributed by atoms with Crippen molar-refractivity contribution in [2.45, 2.75) is 13.3 Å². The van der Waals surface area contributed by atoms with Crippen LogP contribution < -0.4 is 10.2 Å². The average Bonchev–Trinajstić information content (AvgIpc) is 2.15. The van der Waals surface area contributed by atoms with Crippen LogP contribution >= 0.6 is 0 Å². The minimum absolute atomic E-state index is 0.774. The summed E-state index contributed by atoms with van der Waals surface area (Å²) in [5.74, 6) is 0.774. The standard InChI is InChI=1S/C10H18N4/c1-8-9(5-6-11-2)7-12-10(13-8)14(3)4/h7,11H,5-6H2,1-4H3. The van der Waals surface area contributed by atoms with Crippen LogP contribution in [-0.2, 0) is 6.42 Å². The summed E-state index contributed by atoms with van der Waals surface area (Å²) in [6.45, 7) is 2.99. The van der Waals surface area contributed by atoms with Crippen LogP contribution in [0.4, 0.5) is 5.95 Å². The van der Waals surface area contributed by atoms with Gasteiger partial charge in [-0.2, -0.15) is 0 Å². The van der Waals surface area contributed by atoms with E-state index in [4.69, 9.17) is 0 Å². The highest BCUT2D eigenvalue weighted by Gasteiger charge is 2.03. The smallest absolute Gasteiger partial charge is 0.224 e. The molecule has 14 heavy (non-hydrogen) atoms. The van der Waals surface area contributed by atoms with Gasteiger partial charge in [0.05, 0.1) is 0 Å². The van der Waals surface area contributed by atoms with Gasteiger partial charge in [-0.3, -0.25) is 0 Å². The summed E-state index contributed by atoms with van der Waals surface area (Å²) in [6.07, 6.45) is 2.89. The number of likely N-dealkylation sites (N-methyl/N-ethyl adjacent to an activating group) is 1. The molecular weight excluding hydrogens is 176 g/mol. The first-order chi connectivity index (χ1) is 6.65. The molecule has 0 saturated heterocycles. The van der Waals surface area contributed by atoms with Gasteiger partial charge in [-0.15, -0.1) is 0 Å². The number of hydrogen-bond donors (Lipinski definition) is 1. The Labute approximate surface area is 85.4 Å². The molecule has 1 rings (SSSR count). The predicted molar refractivity (Wildman–Crippen MR) is 58.7 cm³/mol. The van der Waals surface area contributed by atoms with Gasteiger partial charge in [-0.25, -0.2) is 9.97 Å². The lowest BCUT2D eigenvalue weighted by molar-refractivity contribution is 0.778. The van der Waals surface area contributed by atoms with E-state index in [-0.39, 0.29) is 0 Å². The molecule has 0 aliphatic rings. The molecule has 1 N–H and O–H groups in total. The fourth-order valence-corrected chi connectivity index (χ4v) is 1.20. The van der Waals surface area contributed by atoms with Crippen LogP contribution in [0.3, 0.4) is 0 Å². The Morgan fingerprint density at radius 3 is 2.64 bits per heavy atom. The van der Waals surface area contributed by atoms with Gasteiger partial charge in [0.1, 0.15) is 0 Å². The van der Waals surface area contributed by atoms with Crippen molar-refractivity contribution in [1.82, 2.24) is 15.3 Å². The summed E-state index contributed by atoms with van der Waals surface area (Å²) in [4.78, 5) is 10.6. The topological polar surface area (TPSA) is 41.1 Å². The van der Waals surface area contributed by atoms with Gasteiger partial charge in [-0.05, 0) is 32.5 Å². The minimum Gasteiger partial charge on any atom is -0.347 e. The number of nitrogens with one attached hydrogen (secondary N) is 1. The zero-order valence-corrected chi connectivity index (χ0v) is 9.33. The molecule has 78 valence electrons. The van der Waals surface area contributed by atoms with Crippen molar-refractivity contribution in [2.24, 2.45) is 0 Å². The van der Waals surface area contributed by atoms with Gasteiger partial charge in [-0.1, -0.05) is 0 Å². The maximum atomic E-state index is 4.41. The van der Waals surface area contributed by atoms with E-state index in [1.54, 1.807) is 0 Å². The SMILES string of the molecule is CNCCc1cnc(N(C)C)nc1C. The molecule has 1 aromatic heterocycles. The first-order valence-corrected chi connectivity index (χ1v) is 4.79. The molecule has 0 amide bonds. The van der Waals surface area contributed by atoms with Gasteiger partial charge in [0.2, 0.25) is 5.95 Å². The van der Waals surface area contributed by atoms with E-state index in [1.807, 2.05) is 39.2 Å². The van der Waals surface area contributed by atoms with E-state index in [1.165, 1.54) is 5.56 Å². The summed E-state index contributed by atoms with van der Waals surface area (Å²) in [7, 11) is 5.84. The van der Waals surface area contributed by atoms with Gasteiger partial charge in [0.25, 0.3) is 0 Å². The molecule has 4 heteroatoms. The minimum atomic E-state index is 0.774. The number of nitrogens with zero attached hydrogens (tertiary/aromatic N) is 3. The lowest BCUT2D eigenvalue weighted by atomic mass is 10.2. The third kappa shape index (κ3) is 2.67. The Kier molecular flexibility index (Phi) is 3.83. The van der Waals surface area contributed by atoms with E-state index >= 15 is 0 Å². The number of aromatic nitrogens is 2. The van der Waals surface area contributed by atoms with Crippen molar-refractivity contribution in [3.63, 3.8) is 0 Å². The first-order valence-electron chi connectivity index (χ1n) is 4.79. The van der Waals surface area contributed by atoms with E-state index in [2.05, 4.69) is 15.3 Å². The van der Waals surface area contributed by atoms with Gasteiger partial charge < -0.3 is 10.2 Å². The highest BCUT2D eigenvalue weighted by molar-refractivity contribution is 5.30. The lowest BCUT2D eigenvalue weighted by Crippen LogP contribution is -2.15. The fourth-order valence-electron chi connectivity index (χ4n) is 1.20. The molecule has 1 aromatic rings. The molecule has 0 saturated carbocycles. The Morgan fingerprint density at radius 2 is 2.14 bits per heavy atom. The van der Waals surface area contributed by atoms with Crippen molar-refractivity contribution < 1.29 is 0 Å². The third-order valence-electron chi connectivity index (χ3n) is 2.11. The zero-order valence-electron chi connectivity index (χ0n) is 9.33. The quantitative estimate of drug-likeness (QED) is 0.762. The summed E-state index contributed by atoms with van der Waals surface area (Å²) in [5.41, 5.74) is 2.28. The van der Waals surface area contributed by atoms with E-state index in [9.17, 15) is 0 Å². The second-order valence-electron chi connectivity index (χ2n) is 3.53. The second-order valence-corrected chi connectivity index (χ2v) is 3.53. The Hall–Kier alpha value is -1.16. The number of anilines is 1. The molecule has 0 fully saturated rings. The monoisotopic (exact) mass is 194 g/mol. The summed E-state index contributed by atoms with van der Waals surface area (Å²) >= 11 is 0. The van der Waals surface area contributed by atoms with E-state index in [0.29, 0.717) is 0 Å². The van der Waals surface area contributed by atoms with Crippen LogP contribution in [0.1, 0.15) is 11.3 Å². The molecule has 0 spiro atoms. The van der Waals surface area contributed by atoms with Crippen molar-refractivity contribution in [3.05, 3.63) is 17.5 Å². The van der Waals surface area contributed by atoms with Crippen LogP contribution in [0, 0.1) is 6.92 Å². The van der Waals surface area contributed by atoms with Crippen LogP contribution in [0.5, 0.6) is 0 Å². The third-order valence-corrected chi connectivity index (χ3v) is 2.11. The molecule has 0 aliphatic carbocycles. The number of rotatable bonds is 4. The molecule has 1 heterocycles. The second kappa shape index (κ2) is 4.91.